The van der Waals surface area contributed by atoms with Crippen molar-refractivity contribution in [3.63, 3.8) is 0 Å². The largest absolute Gasteiger partial charge is 0.395 e. The van der Waals surface area contributed by atoms with Crippen LogP contribution in [-0.4, -0.2) is 48.1 Å². The van der Waals surface area contributed by atoms with E-state index in [9.17, 15) is 14.7 Å². The van der Waals surface area contributed by atoms with Crippen LogP contribution < -0.4 is 11.2 Å². The van der Waals surface area contributed by atoms with Crippen LogP contribution in [-0.2, 0) is 13.9 Å². The lowest BCUT2D eigenvalue weighted by atomic mass is 9.99. The Hall–Kier alpha value is -1.26. The molecule has 2 heterocycles. The Labute approximate surface area is 167 Å². The molecule has 1 saturated heterocycles. The summed E-state index contributed by atoms with van der Waals surface area (Å²) in [7, 11) is -2.10. The van der Waals surface area contributed by atoms with E-state index < -0.39 is 44.1 Å². The van der Waals surface area contributed by atoms with Gasteiger partial charge < -0.3 is 19.0 Å². The van der Waals surface area contributed by atoms with Crippen LogP contribution in [0.2, 0.25) is 18.1 Å². The summed E-state index contributed by atoms with van der Waals surface area (Å²) in [5, 5.41) is 10.7. The van der Waals surface area contributed by atoms with E-state index in [4.69, 9.17) is 13.9 Å². The number of aromatic amines is 1. The van der Waals surface area contributed by atoms with Crippen molar-refractivity contribution in [2.75, 3.05) is 6.79 Å². The molecule has 4 atom stereocenters. The monoisotopic (exact) mass is 414 g/mol. The Bertz CT molecular complexity index is 772. The molecule has 1 aliphatic heterocycles. The second-order valence-corrected chi connectivity index (χ2v) is 13.4. The van der Waals surface area contributed by atoms with Crippen molar-refractivity contribution in [3.8, 4) is 0 Å². The van der Waals surface area contributed by atoms with Gasteiger partial charge in [-0.2, -0.15) is 0 Å². The summed E-state index contributed by atoms with van der Waals surface area (Å²) in [6, 6.07) is 1.24. The van der Waals surface area contributed by atoms with E-state index in [0.717, 1.165) is 0 Å². The second kappa shape index (κ2) is 8.62. The average molecular weight is 415 g/mol. The molecule has 0 unspecified atom stereocenters. The third-order valence-electron chi connectivity index (χ3n) is 6.52. The van der Waals surface area contributed by atoms with Gasteiger partial charge in [-0.1, -0.05) is 34.6 Å². The minimum absolute atomic E-state index is 0.00545. The smallest absolute Gasteiger partial charge is 0.330 e. The van der Waals surface area contributed by atoms with Gasteiger partial charge in [0.2, 0.25) is 0 Å². The maximum Gasteiger partial charge on any atom is 0.330 e. The zero-order valence-electron chi connectivity index (χ0n) is 17.9. The Kier molecular flexibility index (Phi) is 7.09. The first-order valence-corrected chi connectivity index (χ1v) is 12.7. The highest BCUT2D eigenvalue weighted by Gasteiger charge is 2.47. The topological polar surface area (TPSA) is 103 Å². The Morgan fingerprint density at radius 3 is 2.54 bits per heavy atom. The van der Waals surface area contributed by atoms with Crippen LogP contribution in [0.15, 0.2) is 21.9 Å². The minimum atomic E-state index is -2.10. The number of aliphatic hydroxyl groups is 1. The number of H-pyrrole nitrogens is 1. The molecule has 0 spiro atoms. The molecule has 1 aromatic heterocycles. The third kappa shape index (κ3) is 4.49. The molecule has 9 heteroatoms. The number of rotatable bonds is 8. The van der Waals surface area contributed by atoms with Crippen LogP contribution in [0.4, 0.5) is 0 Å². The van der Waals surface area contributed by atoms with Crippen LogP contribution in [0.1, 0.15) is 47.3 Å². The fourth-order valence-corrected chi connectivity index (χ4v) is 5.35. The zero-order chi connectivity index (χ0) is 21.3. The number of aliphatic hydroxyl groups excluding tert-OH is 1. The number of hydrogen-bond donors (Lipinski definition) is 2. The summed E-state index contributed by atoms with van der Waals surface area (Å²) in [4.78, 5) is 25.7. The van der Waals surface area contributed by atoms with Gasteiger partial charge in [0.25, 0.3) is 5.56 Å². The normalized spacial score (nSPS) is 26.2. The zero-order valence-corrected chi connectivity index (χ0v) is 18.9. The Morgan fingerprint density at radius 1 is 1.36 bits per heavy atom. The van der Waals surface area contributed by atoms with Crippen molar-refractivity contribution >= 4 is 8.32 Å². The Balaban J connectivity index is 2.17. The predicted octanol–water partition coefficient (Wildman–Crippen LogP) is 2.21. The molecule has 0 amide bonds. The fraction of sp³-hybridized carbons (Fsp3) is 0.789. The highest BCUT2D eigenvalue weighted by atomic mass is 28.4. The molecule has 1 aromatic rings. The van der Waals surface area contributed by atoms with Crippen LogP contribution >= 0.6 is 0 Å². The number of ether oxygens (including phenoxy) is 2. The lowest BCUT2D eigenvalue weighted by Gasteiger charge is -2.42. The second-order valence-electron chi connectivity index (χ2n) is 8.76. The summed E-state index contributed by atoms with van der Waals surface area (Å²) in [5.41, 5.74) is -1.09. The molecule has 1 aliphatic rings. The van der Waals surface area contributed by atoms with Gasteiger partial charge in [-0.05, 0) is 30.5 Å². The van der Waals surface area contributed by atoms with Gasteiger partial charge in [-0.3, -0.25) is 14.3 Å². The molecule has 160 valence electrons. The molecule has 0 aromatic carbocycles. The molecular formula is C19H34N2O6Si. The van der Waals surface area contributed by atoms with Gasteiger partial charge in [-0.25, -0.2) is 4.79 Å². The van der Waals surface area contributed by atoms with E-state index in [1.165, 1.54) is 16.8 Å². The molecule has 0 radical (unpaired) electrons. The first kappa shape index (κ1) is 23.0. The van der Waals surface area contributed by atoms with Crippen molar-refractivity contribution in [1.29, 1.82) is 0 Å². The van der Waals surface area contributed by atoms with E-state index in [-0.39, 0.29) is 11.8 Å². The Morgan fingerprint density at radius 2 is 2.00 bits per heavy atom. The van der Waals surface area contributed by atoms with Crippen molar-refractivity contribution in [2.24, 2.45) is 5.92 Å². The van der Waals surface area contributed by atoms with Gasteiger partial charge in [-0.15, -0.1) is 0 Å². The summed E-state index contributed by atoms with van der Waals surface area (Å²) in [6.07, 6.45) is -1.06. The molecule has 0 saturated carbocycles. The average Bonchev–Trinajstić information content (AvgIpc) is 2.90. The van der Waals surface area contributed by atoms with Crippen molar-refractivity contribution in [1.82, 2.24) is 9.55 Å². The lowest BCUT2D eigenvalue weighted by Crippen LogP contribution is -2.46. The van der Waals surface area contributed by atoms with Crippen molar-refractivity contribution in [2.45, 2.75) is 83.7 Å². The molecule has 0 aliphatic carbocycles. The van der Waals surface area contributed by atoms with Gasteiger partial charge in [0.05, 0.1) is 6.10 Å². The lowest BCUT2D eigenvalue weighted by molar-refractivity contribution is -0.114. The van der Waals surface area contributed by atoms with E-state index in [1.807, 2.05) is 6.92 Å². The van der Waals surface area contributed by atoms with Crippen LogP contribution in [0.25, 0.3) is 0 Å². The van der Waals surface area contributed by atoms with E-state index in [1.54, 1.807) is 0 Å². The molecule has 8 nitrogen and oxygen atoms in total. The summed E-state index contributed by atoms with van der Waals surface area (Å²) in [6.45, 7) is 15.0. The van der Waals surface area contributed by atoms with E-state index in [2.05, 4.69) is 45.8 Å². The summed E-state index contributed by atoms with van der Waals surface area (Å²) >= 11 is 0. The summed E-state index contributed by atoms with van der Waals surface area (Å²) < 4.78 is 19.2. The van der Waals surface area contributed by atoms with Crippen LogP contribution in [0.5, 0.6) is 0 Å². The summed E-state index contributed by atoms with van der Waals surface area (Å²) in [5.74, 6) is 0.450. The van der Waals surface area contributed by atoms with Crippen LogP contribution in [0.3, 0.4) is 0 Å². The first-order valence-electron chi connectivity index (χ1n) is 9.83. The highest BCUT2D eigenvalue weighted by molar-refractivity contribution is 6.74. The van der Waals surface area contributed by atoms with Crippen LogP contribution in [0, 0.1) is 5.92 Å². The quantitative estimate of drug-likeness (QED) is 0.499. The van der Waals surface area contributed by atoms with Crippen molar-refractivity contribution in [3.05, 3.63) is 33.1 Å². The highest BCUT2D eigenvalue weighted by Crippen LogP contribution is 2.44. The predicted molar refractivity (Wildman–Crippen MR) is 109 cm³/mol. The maximum absolute atomic E-state index is 12.2. The minimum Gasteiger partial charge on any atom is -0.395 e. The molecule has 1 fully saturated rings. The first-order chi connectivity index (χ1) is 12.9. The number of nitrogens with zero attached hydrogens (tertiary/aromatic N) is 1. The number of hydrogen-bond acceptors (Lipinski definition) is 6. The third-order valence-corrected chi connectivity index (χ3v) is 11.0. The molecule has 28 heavy (non-hydrogen) atoms. The van der Waals surface area contributed by atoms with Gasteiger partial charge in [0.15, 0.2) is 14.5 Å². The standard InChI is InChI=1S/C19H34N2O6Si/c1-8-13-15(23)16(17(27-13)21-10-9-14(22)20-18(21)24)25-11-26-28(6,7)19(4,5)12(2)3/h9-10,12-13,15-17,23H,8,11H2,1-7H3,(H,20,22,24)/t13-,15-,16-,17-/m1/s1. The fourth-order valence-electron chi connectivity index (χ4n) is 3.23. The van der Waals surface area contributed by atoms with Gasteiger partial charge >= 0.3 is 5.69 Å². The molecular weight excluding hydrogens is 380 g/mol. The van der Waals surface area contributed by atoms with E-state index in [0.29, 0.717) is 12.3 Å². The van der Waals surface area contributed by atoms with Gasteiger partial charge in [0.1, 0.15) is 19.0 Å². The van der Waals surface area contributed by atoms with E-state index >= 15 is 0 Å². The molecule has 0 bridgehead atoms. The van der Waals surface area contributed by atoms with Crippen molar-refractivity contribution < 1.29 is 19.0 Å². The SMILES string of the molecule is CC[C@H]1O[C@@H](n2ccc(=O)[nH]c2=O)[C@H](OCO[Si](C)(C)C(C)(C)C(C)C)[C@@H]1O. The van der Waals surface area contributed by atoms with Gasteiger partial charge in [0, 0.05) is 12.3 Å². The maximum atomic E-state index is 12.2. The molecule has 2 N–H and O–H groups in total. The number of aromatic nitrogens is 2. The molecule has 2 rings (SSSR count). The number of nitrogens with one attached hydrogen (secondary N) is 1.